The molecule has 1 amide bonds. The molecule has 1 aromatic carbocycles. The van der Waals surface area contributed by atoms with Gasteiger partial charge in [-0.15, -0.1) is 0 Å². The number of rotatable bonds is 6. The molecule has 1 rings (SSSR count). The summed E-state index contributed by atoms with van der Waals surface area (Å²) in [5.41, 5.74) is 7.42. The van der Waals surface area contributed by atoms with Crippen LogP contribution in [0.5, 0.6) is 0 Å². The molecule has 0 aliphatic rings. The van der Waals surface area contributed by atoms with Gasteiger partial charge in [-0.25, -0.2) is 0 Å². The molecule has 0 saturated carbocycles. The minimum atomic E-state index is -3.87. The van der Waals surface area contributed by atoms with E-state index in [9.17, 15) is 13.2 Å². The highest BCUT2D eigenvalue weighted by molar-refractivity contribution is 7.90. The summed E-state index contributed by atoms with van der Waals surface area (Å²) in [6.45, 7) is 1.87. The Labute approximate surface area is 124 Å². The van der Waals surface area contributed by atoms with Crippen LogP contribution in [0.15, 0.2) is 33.7 Å². The second-order valence-electron chi connectivity index (χ2n) is 4.97. The summed E-state index contributed by atoms with van der Waals surface area (Å²) < 4.78 is 26.0. The van der Waals surface area contributed by atoms with Gasteiger partial charge >= 0.3 is 10.0 Å². The predicted molar refractivity (Wildman–Crippen MR) is 77.1 cm³/mol. The summed E-state index contributed by atoms with van der Waals surface area (Å²) in [6.07, 6.45) is 1.37. The monoisotopic (exact) mass is 311 g/mol. The van der Waals surface area contributed by atoms with Crippen molar-refractivity contribution in [1.29, 1.82) is 5.53 Å². The highest BCUT2D eigenvalue weighted by atomic mass is 32.2. The molecule has 7 nitrogen and oxygen atoms in total. The minimum absolute atomic E-state index is 0.000309. The SMILES string of the molecule is CC(CCc1ccc(S(=O)(=O)N=[N+]=N)cc1)C(=O)N(C)C. The molecule has 0 bridgehead atoms. The van der Waals surface area contributed by atoms with Gasteiger partial charge < -0.3 is 4.90 Å². The lowest BCUT2D eigenvalue weighted by Crippen LogP contribution is -2.28. The van der Waals surface area contributed by atoms with Crippen molar-refractivity contribution < 1.29 is 13.2 Å². The fourth-order valence-corrected chi connectivity index (χ4v) is 2.56. The smallest absolute Gasteiger partial charge is 0.349 e. The number of nitrogens with zero attached hydrogens (tertiary/aromatic N) is 3. The molecule has 0 aromatic heterocycles. The Kier molecular flexibility index (Phi) is 5.75. The van der Waals surface area contributed by atoms with Crippen LogP contribution in [0.25, 0.3) is 0 Å². The second kappa shape index (κ2) is 7.10. The van der Waals surface area contributed by atoms with Crippen LogP contribution in [0, 0.1) is 11.4 Å². The molecule has 0 aliphatic heterocycles. The van der Waals surface area contributed by atoms with E-state index in [1.54, 1.807) is 31.1 Å². The Bertz CT molecular complexity index is 646. The predicted octanol–water partition coefficient (Wildman–Crippen LogP) is 1.58. The van der Waals surface area contributed by atoms with E-state index in [-0.39, 0.29) is 16.7 Å². The Morgan fingerprint density at radius 2 is 1.90 bits per heavy atom. The van der Waals surface area contributed by atoms with Crippen molar-refractivity contribution in [1.82, 2.24) is 9.81 Å². The zero-order chi connectivity index (χ0) is 16.0. The van der Waals surface area contributed by atoms with E-state index < -0.39 is 10.0 Å². The lowest BCUT2D eigenvalue weighted by atomic mass is 10.0. The summed E-state index contributed by atoms with van der Waals surface area (Å²) in [5, 5.41) is 0. The fourth-order valence-electron chi connectivity index (χ4n) is 1.88. The summed E-state index contributed by atoms with van der Waals surface area (Å²) in [4.78, 5) is 15.8. The van der Waals surface area contributed by atoms with Crippen LogP contribution in [0.1, 0.15) is 18.9 Å². The molecule has 0 spiro atoms. The van der Waals surface area contributed by atoms with Gasteiger partial charge in [0.2, 0.25) is 10.8 Å². The van der Waals surface area contributed by atoms with Gasteiger partial charge in [-0.2, -0.15) is 8.42 Å². The average molecular weight is 311 g/mol. The summed E-state index contributed by atoms with van der Waals surface area (Å²) >= 11 is 0. The number of sulfonamides is 1. The Morgan fingerprint density at radius 3 is 2.38 bits per heavy atom. The maximum Gasteiger partial charge on any atom is 0.355 e. The maximum absolute atomic E-state index is 11.7. The number of nitrogens with one attached hydrogen (secondary N) is 1. The molecule has 1 atom stereocenters. The topological polar surface area (TPSA) is 105 Å². The molecule has 0 radical (unpaired) electrons. The van der Waals surface area contributed by atoms with Crippen LogP contribution >= 0.6 is 0 Å². The Morgan fingerprint density at radius 1 is 1.33 bits per heavy atom. The molecular weight excluding hydrogens is 292 g/mol. The number of benzene rings is 1. The standard InChI is InChI=1S/C13H19N4O3S/c1-10(13(18)17(2)3)4-5-11-6-8-12(9-7-11)21(19,20)16-15-14/h6-10,14H,4-5H2,1-3H3/q+1. The van der Waals surface area contributed by atoms with Crippen molar-refractivity contribution in [2.24, 2.45) is 10.4 Å². The average Bonchev–Trinajstić information content (AvgIpc) is 2.44. The molecule has 1 aromatic rings. The third-order valence-electron chi connectivity index (χ3n) is 3.10. The van der Waals surface area contributed by atoms with Crippen molar-refractivity contribution in [3.63, 3.8) is 0 Å². The van der Waals surface area contributed by atoms with Gasteiger partial charge in [0.25, 0.3) is 4.52 Å². The van der Waals surface area contributed by atoms with Crippen LogP contribution in [-0.2, 0) is 21.2 Å². The van der Waals surface area contributed by atoms with E-state index in [0.29, 0.717) is 12.8 Å². The van der Waals surface area contributed by atoms with Crippen molar-refractivity contribution in [2.45, 2.75) is 24.7 Å². The third-order valence-corrected chi connectivity index (χ3v) is 4.26. The molecular formula is C13H19N4O3S+. The Hall–Kier alpha value is -2.05. The van der Waals surface area contributed by atoms with Gasteiger partial charge in [-0.05, 0) is 30.5 Å². The summed E-state index contributed by atoms with van der Waals surface area (Å²) in [7, 11) is -0.430. The lowest BCUT2D eigenvalue weighted by molar-refractivity contribution is -0.132. The molecule has 0 saturated heterocycles. The van der Waals surface area contributed by atoms with E-state index in [1.807, 2.05) is 6.92 Å². The van der Waals surface area contributed by atoms with Crippen LogP contribution < -0.4 is 4.91 Å². The Balaban J connectivity index is 2.72. The highest BCUT2D eigenvalue weighted by Gasteiger charge is 2.18. The zero-order valence-electron chi connectivity index (χ0n) is 12.3. The van der Waals surface area contributed by atoms with Gasteiger partial charge in [0, 0.05) is 20.0 Å². The molecule has 0 aliphatic carbocycles. The number of carbonyl (C=O) groups is 1. The van der Waals surface area contributed by atoms with E-state index in [4.69, 9.17) is 5.53 Å². The van der Waals surface area contributed by atoms with Crippen molar-refractivity contribution in [3.8, 4) is 0 Å². The van der Waals surface area contributed by atoms with Crippen LogP contribution in [0.2, 0.25) is 0 Å². The zero-order valence-corrected chi connectivity index (χ0v) is 13.1. The molecule has 114 valence electrons. The molecule has 21 heavy (non-hydrogen) atoms. The van der Waals surface area contributed by atoms with E-state index >= 15 is 0 Å². The molecule has 8 heteroatoms. The van der Waals surface area contributed by atoms with Crippen LogP contribution in [-0.4, -0.2) is 33.3 Å². The lowest BCUT2D eigenvalue weighted by Gasteiger charge is -2.16. The van der Waals surface area contributed by atoms with Gasteiger partial charge in [-0.3, -0.25) is 4.79 Å². The number of carbonyl (C=O) groups excluding carboxylic acids is 1. The normalized spacial score (nSPS) is 12.3. The molecule has 1 N–H and O–H groups in total. The first-order valence-electron chi connectivity index (χ1n) is 6.41. The molecule has 0 heterocycles. The minimum Gasteiger partial charge on any atom is -0.349 e. The third kappa shape index (κ3) is 4.77. The van der Waals surface area contributed by atoms with Crippen LogP contribution in [0.4, 0.5) is 0 Å². The molecule has 0 fully saturated rings. The van der Waals surface area contributed by atoms with Gasteiger partial charge in [0.1, 0.15) is 5.53 Å². The summed E-state index contributed by atoms with van der Waals surface area (Å²) in [6, 6.07) is 6.22. The van der Waals surface area contributed by atoms with E-state index in [0.717, 1.165) is 5.56 Å². The molecule has 1 unspecified atom stereocenters. The first kappa shape index (κ1) is 17.0. The summed E-state index contributed by atoms with van der Waals surface area (Å²) in [5.74, 6) is -0.00872. The first-order valence-corrected chi connectivity index (χ1v) is 7.86. The van der Waals surface area contributed by atoms with Crippen molar-refractivity contribution >= 4 is 15.9 Å². The highest BCUT2D eigenvalue weighted by Crippen LogP contribution is 2.16. The quantitative estimate of drug-likeness (QED) is 0.637. The van der Waals surface area contributed by atoms with Crippen LogP contribution in [0.3, 0.4) is 0 Å². The van der Waals surface area contributed by atoms with Crippen molar-refractivity contribution in [2.75, 3.05) is 14.1 Å². The van der Waals surface area contributed by atoms with Gasteiger partial charge in [0.15, 0.2) is 0 Å². The van der Waals surface area contributed by atoms with Gasteiger partial charge in [0.05, 0.1) is 4.90 Å². The number of hydrogen-bond acceptors (Lipinski definition) is 4. The fraction of sp³-hybridized carbons (Fsp3) is 0.462. The second-order valence-corrected chi connectivity index (χ2v) is 6.56. The maximum atomic E-state index is 11.7. The number of aryl methyl sites for hydroxylation is 1. The van der Waals surface area contributed by atoms with E-state index in [1.165, 1.54) is 12.1 Å². The van der Waals surface area contributed by atoms with E-state index in [2.05, 4.69) is 9.43 Å². The van der Waals surface area contributed by atoms with Gasteiger partial charge in [-0.1, -0.05) is 19.1 Å². The first-order chi connectivity index (χ1) is 9.77. The largest absolute Gasteiger partial charge is 0.355 e. The van der Waals surface area contributed by atoms with Crippen molar-refractivity contribution in [3.05, 3.63) is 29.8 Å². The number of amides is 1. The number of hydrogen-bond donors (Lipinski definition) is 1.